The molecule has 0 bridgehead atoms. The lowest BCUT2D eigenvalue weighted by molar-refractivity contribution is 0.0559. The van der Waals surface area contributed by atoms with Crippen molar-refractivity contribution >= 4 is 6.03 Å². The highest BCUT2D eigenvalue weighted by molar-refractivity contribution is 5.77. The second kappa shape index (κ2) is 5.45. The minimum Gasteiger partial charge on any atom is -0.381 e. The Morgan fingerprint density at radius 1 is 1.22 bits per heavy atom. The van der Waals surface area contributed by atoms with E-state index in [1.807, 2.05) is 4.90 Å². The van der Waals surface area contributed by atoms with Gasteiger partial charge in [-0.1, -0.05) is 0 Å². The van der Waals surface area contributed by atoms with E-state index in [0.29, 0.717) is 18.0 Å². The number of hydrogen-bond donors (Lipinski definition) is 2. The standard InChI is InChI=1S/C13H23N3O2/c17-13-15-12(10-3-6-18-7-4-10)9-16(13)11-2-1-5-14-8-11/h10-12,14H,1-9H2,(H,15,17). The molecule has 0 aliphatic carbocycles. The molecular weight excluding hydrogens is 230 g/mol. The van der Waals surface area contributed by atoms with Crippen molar-refractivity contribution in [3.63, 3.8) is 0 Å². The second-order valence-corrected chi connectivity index (χ2v) is 5.66. The number of ether oxygens (including phenoxy) is 1. The Balaban J connectivity index is 1.58. The number of hydrogen-bond acceptors (Lipinski definition) is 3. The molecule has 0 aromatic rings. The summed E-state index contributed by atoms with van der Waals surface area (Å²) in [6.07, 6.45) is 4.49. The summed E-state index contributed by atoms with van der Waals surface area (Å²) in [6.45, 7) is 4.63. The molecule has 2 N–H and O–H groups in total. The summed E-state index contributed by atoms with van der Waals surface area (Å²) in [7, 11) is 0. The van der Waals surface area contributed by atoms with E-state index in [-0.39, 0.29) is 6.03 Å². The maximum atomic E-state index is 12.1. The van der Waals surface area contributed by atoms with Gasteiger partial charge in [-0.25, -0.2) is 4.79 Å². The number of amides is 2. The maximum Gasteiger partial charge on any atom is 0.318 e. The number of nitrogens with zero attached hydrogens (tertiary/aromatic N) is 1. The summed E-state index contributed by atoms with van der Waals surface area (Å²) in [5, 5.41) is 6.56. The molecule has 3 fully saturated rings. The predicted octanol–water partition coefficient (Wildman–Crippen LogP) is 0.559. The third-order valence-electron chi connectivity index (χ3n) is 4.51. The van der Waals surface area contributed by atoms with Crippen LogP contribution in [0.4, 0.5) is 4.79 Å². The molecule has 0 saturated carbocycles. The van der Waals surface area contributed by atoms with Gasteiger partial charge in [-0.3, -0.25) is 0 Å². The van der Waals surface area contributed by atoms with E-state index in [9.17, 15) is 4.79 Å². The van der Waals surface area contributed by atoms with Crippen molar-refractivity contribution in [2.45, 2.75) is 37.8 Å². The summed E-state index contributed by atoms with van der Waals surface area (Å²) < 4.78 is 5.39. The lowest BCUT2D eigenvalue weighted by Crippen LogP contribution is -2.47. The monoisotopic (exact) mass is 253 g/mol. The van der Waals surface area contributed by atoms with E-state index in [1.165, 1.54) is 6.42 Å². The van der Waals surface area contributed by atoms with Crippen molar-refractivity contribution in [3.8, 4) is 0 Å². The first-order valence-electron chi connectivity index (χ1n) is 7.20. The minimum atomic E-state index is 0.139. The zero-order chi connectivity index (χ0) is 12.4. The smallest absolute Gasteiger partial charge is 0.318 e. The Bertz CT molecular complexity index is 299. The number of rotatable bonds is 2. The van der Waals surface area contributed by atoms with E-state index in [1.54, 1.807) is 0 Å². The van der Waals surface area contributed by atoms with Crippen LogP contribution in [0, 0.1) is 5.92 Å². The van der Waals surface area contributed by atoms with Crippen LogP contribution in [0.15, 0.2) is 0 Å². The molecule has 5 nitrogen and oxygen atoms in total. The maximum absolute atomic E-state index is 12.1. The van der Waals surface area contributed by atoms with E-state index in [4.69, 9.17) is 4.74 Å². The summed E-state index contributed by atoms with van der Waals surface area (Å²) in [6, 6.07) is 0.868. The highest BCUT2D eigenvalue weighted by atomic mass is 16.5. The molecular formula is C13H23N3O2. The Morgan fingerprint density at radius 2 is 2.06 bits per heavy atom. The summed E-state index contributed by atoms with van der Waals surface area (Å²) in [5.41, 5.74) is 0. The first kappa shape index (κ1) is 12.2. The fourth-order valence-corrected chi connectivity index (χ4v) is 3.38. The number of piperidine rings is 1. The van der Waals surface area contributed by atoms with Crippen LogP contribution in [0.2, 0.25) is 0 Å². The van der Waals surface area contributed by atoms with Gasteiger partial charge in [0.05, 0.1) is 6.04 Å². The van der Waals surface area contributed by atoms with Gasteiger partial charge in [0.15, 0.2) is 0 Å². The van der Waals surface area contributed by atoms with Crippen molar-refractivity contribution in [2.75, 3.05) is 32.8 Å². The molecule has 2 amide bonds. The summed E-state index contributed by atoms with van der Waals surface area (Å²) in [5.74, 6) is 0.601. The Morgan fingerprint density at radius 3 is 2.78 bits per heavy atom. The Labute approximate surface area is 108 Å². The molecule has 0 aromatic heterocycles. The number of carbonyl (C=O) groups excluding carboxylic acids is 1. The van der Waals surface area contributed by atoms with Crippen molar-refractivity contribution in [1.29, 1.82) is 0 Å². The quantitative estimate of drug-likeness (QED) is 0.756. The lowest BCUT2D eigenvalue weighted by atomic mass is 9.92. The molecule has 0 radical (unpaired) electrons. The lowest BCUT2D eigenvalue weighted by Gasteiger charge is -2.31. The van der Waals surface area contributed by atoms with Gasteiger partial charge in [0.2, 0.25) is 0 Å². The SMILES string of the molecule is O=C1NC(C2CCOCC2)CN1C1CCCNC1. The number of urea groups is 1. The third kappa shape index (κ3) is 2.47. The van der Waals surface area contributed by atoms with Crippen molar-refractivity contribution in [1.82, 2.24) is 15.5 Å². The normalized spacial score (nSPS) is 34.7. The molecule has 18 heavy (non-hydrogen) atoms. The zero-order valence-corrected chi connectivity index (χ0v) is 10.9. The average Bonchev–Trinajstić information content (AvgIpc) is 2.83. The minimum absolute atomic E-state index is 0.139. The predicted molar refractivity (Wildman–Crippen MR) is 68.5 cm³/mol. The fourth-order valence-electron chi connectivity index (χ4n) is 3.38. The van der Waals surface area contributed by atoms with E-state index in [2.05, 4.69) is 10.6 Å². The zero-order valence-electron chi connectivity index (χ0n) is 10.9. The molecule has 3 rings (SSSR count). The fraction of sp³-hybridized carbons (Fsp3) is 0.923. The molecule has 0 spiro atoms. The topological polar surface area (TPSA) is 53.6 Å². The van der Waals surface area contributed by atoms with Gasteiger partial charge < -0.3 is 20.3 Å². The molecule has 5 heteroatoms. The van der Waals surface area contributed by atoms with Crippen LogP contribution in [-0.2, 0) is 4.74 Å². The van der Waals surface area contributed by atoms with Gasteiger partial charge in [0.1, 0.15) is 0 Å². The highest BCUT2D eigenvalue weighted by Gasteiger charge is 2.38. The van der Waals surface area contributed by atoms with Gasteiger partial charge in [0, 0.05) is 32.3 Å². The molecule has 2 atom stereocenters. The van der Waals surface area contributed by atoms with Crippen LogP contribution >= 0.6 is 0 Å². The average molecular weight is 253 g/mol. The molecule has 3 heterocycles. The molecule has 2 unspecified atom stereocenters. The summed E-state index contributed by atoms with van der Waals surface area (Å²) >= 11 is 0. The first-order chi connectivity index (χ1) is 8.84. The van der Waals surface area contributed by atoms with Crippen LogP contribution in [-0.4, -0.2) is 55.9 Å². The van der Waals surface area contributed by atoms with Crippen LogP contribution in [0.3, 0.4) is 0 Å². The van der Waals surface area contributed by atoms with Gasteiger partial charge in [0.25, 0.3) is 0 Å². The molecule has 0 aromatic carbocycles. The van der Waals surface area contributed by atoms with Gasteiger partial charge in [-0.15, -0.1) is 0 Å². The molecule has 3 aliphatic rings. The molecule has 3 saturated heterocycles. The van der Waals surface area contributed by atoms with Gasteiger partial charge in [-0.05, 0) is 38.1 Å². The van der Waals surface area contributed by atoms with Crippen LogP contribution in [0.1, 0.15) is 25.7 Å². The first-order valence-corrected chi connectivity index (χ1v) is 7.20. The van der Waals surface area contributed by atoms with Crippen molar-refractivity contribution in [2.24, 2.45) is 5.92 Å². The summed E-state index contributed by atoms with van der Waals surface area (Å²) in [4.78, 5) is 14.1. The van der Waals surface area contributed by atoms with Crippen molar-refractivity contribution < 1.29 is 9.53 Å². The van der Waals surface area contributed by atoms with E-state index >= 15 is 0 Å². The molecule has 3 aliphatic heterocycles. The third-order valence-corrected chi connectivity index (χ3v) is 4.51. The Hall–Kier alpha value is -0.810. The molecule has 102 valence electrons. The van der Waals surface area contributed by atoms with Crippen LogP contribution in [0.5, 0.6) is 0 Å². The Kier molecular flexibility index (Phi) is 3.70. The van der Waals surface area contributed by atoms with Gasteiger partial charge in [-0.2, -0.15) is 0 Å². The van der Waals surface area contributed by atoms with Crippen LogP contribution in [0.25, 0.3) is 0 Å². The van der Waals surface area contributed by atoms with Crippen LogP contribution < -0.4 is 10.6 Å². The highest BCUT2D eigenvalue weighted by Crippen LogP contribution is 2.24. The number of carbonyl (C=O) groups is 1. The van der Waals surface area contributed by atoms with Crippen molar-refractivity contribution in [3.05, 3.63) is 0 Å². The van der Waals surface area contributed by atoms with E-state index in [0.717, 1.165) is 52.1 Å². The largest absolute Gasteiger partial charge is 0.381 e. The second-order valence-electron chi connectivity index (χ2n) is 5.66. The number of nitrogens with one attached hydrogen (secondary N) is 2. The van der Waals surface area contributed by atoms with Gasteiger partial charge >= 0.3 is 6.03 Å². The van der Waals surface area contributed by atoms with E-state index < -0.39 is 0 Å².